The van der Waals surface area contributed by atoms with Gasteiger partial charge in [-0.05, 0) is 49.9 Å². The van der Waals surface area contributed by atoms with Crippen molar-refractivity contribution in [3.63, 3.8) is 0 Å². The minimum Gasteiger partial charge on any atom is -0.497 e. The standard InChI is InChI=1S/C17H23NO5/c1-22-13-7-9-14(10-8-13)23-12-4-6-16(19)18-11-3-2-5-15(18)17(20)21/h7-10,15H,2-6,11-12H2,1H3,(H,20,21). The number of aliphatic carboxylic acids is 1. The number of carbonyl (C=O) groups is 2. The number of amides is 1. The average Bonchev–Trinajstić information content (AvgIpc) is 2.59. The van der Waals surface area contributed by atoms with Gasteiger partial charge in [-0.15, -0.1) is 0 Å². The fourth-order valence-corrected chi connectivity index (χ4v) is 2.72. The second-order valence-electron chi connectivity index (χ2n) is 5.56. The molecule has 1 atom stereocenters. The van der Waals surface area contributed by atoms with Gasteiger partial charge in [0.05, 0.1) is 13.7 Å². The molecule has 1 amide bonds. The molecule has 1 aliphatic heterocycles. The van der Waals surface area contributed by atoms with E-state index < -0.39 is 12.0 Å². The topological polar surface area (TPSA) is 76.1 Å². The maximum Gasteiger partial charge on any atom is 0.326 e. The molecular formula is C17H23NO5. The first-order chi connectivity index (χ1) is 11.1. The Morgan fingerprint density at radius 1 is 1.22 bits per heavy atom. The monoisotopic (exact) mass is 321 g/mol. The van der Waals surface area contributed by atoms with Crippen LogP contribution >= 0.6 is 0 Å². The van der Waals surface area contributed by atoms with Gasteiger partial charge in [-0.25, -0.2) is 4.79 Å². The van der Waals surface area contributed by atoms with Crippen molar-refractivity contribution in [2.24, 2.45) is 0 Å². The van der Waals surface area contributed by atoms with E-state index in [0.29, 0.717) is 32.4 Å². The summed E-state index contributed by atoms with van der Waals surface area (Å²) in [7, 11) is 1.60. The lowest BCUT2D eigenvalue weighted by molar-refractivity contribution is -0.152. The maximum absolute atomic E-state index is 12.2. The number of hydrogen-bond acceptors (Lipinski definition) is 4. The Morgan fingerprint density at radius 3 is 2.57 bits per heavy atom. The van der Waals surface area contributed by atoms with Gasteiger partial charge in [-0.2, -0.15) is 0 Å². The Morgan fingerprint density at radius 2 is 1.91 bits per heavy atom. The van der Waals surface area contributed by atoms with Crippen LogP contribution in [0.5, 0.6) is 11.5 Å². The predicted octanol–water partition coefficient (Wildman–Crippen LogP) is 2.32. The van der Waals surface area contributed by atoms with Crippen LogP contribution in [-0.4, -0.2) is 48.2 Å². The van der Waals surface area contributed by atoms with Crippen LogP contribution in [0.25, 0.3) is 0 Å². The summed E-state index contributed by atoms with van der Waals surface area (Å²) < 4.78 is 10.6. The van der Waals surface area contributed by atoms with Gasteiger partial charge in [0, 0.05) is 13.0 Å². The summed E-state index contributed by atoms with van der Waals surface area (Å²) in [5.41, 5.74) is 0. The first kappa shape index (κ1) is 17.1. The fourth-order valence-electron chi connectivity index (χ4n) is 2.72. The van der Waals surface area contributed by atoms with Gasteiger partial charge in [-0.3, -0.25) is 4.79 Å². The molecule has 6 heteroatoms. The molecule has 1 aromatic carbocycles. The molecule has 2 rings (SSSR count). The Hall–Kier alpha value is -2.24. The zero-order valence-electron chi connectivity index (χ0n) is 13.4. The molecule has 6 nitrogen and oxygen atoms in total. The zero-order valence-corrected chi connectivity index (χ0v) is 13.4. The second-order valence-corrected chi connectivity index (χ2v) is 5.56. The number of methoxy groups -OCH3 is 1. The Kier molecular flexibility index (Phi) is 6.26. The van der Waals surface area contributed by atoms with Crippen LogP contribution in [0.3, 0.4) is 0 Å². The summed E-state index contributed by atoms with van der Waals surface area (Å²) in [4.78, 5) is 24.9. The van der Waals surface area contributed by atoms with Crippen LogP contribution in [-0.2, 0) is 9.59 Å². The van der Waals surface area contributed by atoms with Gasteiger partial charge in [-0.1, -0.05) is 0 Å². The molecule has 0 aliphatic carbocycles. The third kappa shape index (κ3) is 4.87. The van der Waals surface area contributed by atoms with Gasteiger partial charge in [0.15, 0.2) is 0 Å². The van der Waals surface area contributed by atoms with Gasteiger partial charge in [0.25, 0.3) is 0 Å². The van der Waals surface area contributed by atoms with Crippen LogP contribution in [0.2, 0.25) is 0 Å². The summed E-state index contributed by atoms with van der Waals surface area (Å²) in [5, 5.41) is 9.19. The molecule has 1 N–H and O–H groups in total. The number of nitrogens with zero attached hydrogens (tertiary/aromatic N) is 1. The van der Waals surface area contributed by atoms with E-state index in [1.807, 2.05) is 24.3 Å². The number of piperidine rings is 1. The molecule has 0 saturated carbocycles. The molecule has 0 radical (unpaired) electrons. The Labute approximate surface area is 136 Å². The highest BCUT2D eigenvalue weighted by atomic mass is 16.5. The summed E-state index contributed by atoms with van der Waals surface area (Å²) in [6.45, 7) is 0.957. The SMILES string of the molecule is COc1ccc(OCCCC(=O)N2CCCCC2C(=O)O)cc1. The normalized spacial score (nSPS) is 17.6. The number of benzene rings is 1. The number of ether oxygens (including phenoxy) is 2. The van der Waals surface area contributed by atoms with Crippen molar-refractivity contribution < 1.29 is 24.2 Å². The van der Waals surface area contributed by atoms with Gasteiger partial charge in [0.2, 0.25) is 5.91 Å². The molecule has 1 heterocycles. The van der Waals surface area contributed by atoms with E-state index in [-0.39, 0.29) is 5.91 Å². The van der Waals surface area contributed by atoms with E-state index in [9.17, 15) is 14.7 Å². The lowest BCUT2D eigenvalue weighted by Gasteiger charge is -2.33. The van der Waals surface area contributed by atoms with E-state index in [4.69, 9.17) is 9.47 Å². The van der Waals surface area contributed by atoms with E-state index in [0.717, 1.165) is 24.3 Å². The molecule has 0 spiro atoms. The molecule has 1 unspecified atom stereocenters. The lowest BCUT2D eigenvalue weighted by atomic mass is 10.0. The third-order valence-electron chi connectivity index (χ3n) is 3.97. The van der Waals surface area contributed by atoms with Crippen molar-refractivity contribution in [3.05, 3.63) is 24.3 Å². The first-order valence-electron chi connectivity index (χ1n) is 7.91. The predicted molar refractivity (Wildman–Crippen MR) is 84.7 cm³/mol. The minimum atomic E-state index is -0.910. The van der Waals surface area contributed by atoms with Crippen molar-refractivity contribution in [1.29, 1.82) is 0 Å². The smallest absolute Gasteiger partial charge is 0.326 e. The molecule has 126 valence electrons. The Balaban J connectivity index is 1.74. The van der Waals surface area contributed by atoms with E-state index in [1.165, 1.54) is 4.90 Å². The van der Waals surface area contributed by atoms with E-state index >= 15 is 0 Å². The van der Waals surface area contributed by atoms with Crippen LogP contribution in [0.1, 0.15) is 32.1 Å². The van der Waals surface area contributed by atoms with Crippen molar-refractivity contribution in [1.82, 2.24) is 4.90 Å². The number of rotatable bonds is 7. The fraction of sp³-hybridized carbons (Fsp3) is 0.529. The second kappa shape index (κ2) is 8.41. The number of hydrogen-bond donors (Lipinski definition) is 1. The molecular weight excluding hydrogens is 298 g/mol. The molecule has 1 aliphatic rings. The number of likely N-dealkylation sites (tertiary alicyclic amines) is 1. The number of carbonyl (C=O) groups excluding carboxylic acids is 1. The van der Waals surface area contributed by atoms with Crippen molar-refractivity contribution >= 4 is 11.9 Å². The van der Waals surface area contributed by atoms with Crippen molar-refractivity contribution in [2.45, 2.75) is 38.1 Å². The first-order valence-corrected chi connectivity index (χ1v) is 7.91. The summed E-state index contributed by atoms with van der Waals surface area (Å²) >= 11 is 0. The number of carboxylic acid groups (broad SMARTS) is 1. The average molecular weight is 321 g/mol. The minimum absolute atomic E-state index is 0.101. The van der Waals surface area contributed by atoms with Gasteiger partial charge in [0.1, 0.15) is 17.5 Å². The molecule has 1 saturated heterocycles. The molecule has 1 aromatic rings. The van der Waals surface area contributed by atoms with Crippen LogP contribution in [0.4, 0.5) is 0 Å². The maximum atomic E-state index is 12.2. The molecule has 23 heavy (non-hydrogen) atoms. The lowest BCUT2D eigenvalue weighted by Crippen LogP contribution is -2.47. The summed E-state index contributed by atoms with van der Waals surface area (Å²) in [6, 6.07) is 6.58. The van der Waals surface area contributed by atoms with Crippen molar-refractivity contribution in [3.8, 4) is 11.5 Å². The summed E-state index contributed by atoms with van der Waals surface area (Å²) in [6.07, 6.45) is 3.15. The van der Waals surface area contributed by atoms with Crippen LogP contribution < -0.4 is 9.47 Å². The number of carboxylic acids is 1. The highest BCUT2D eigenvalue weighted by Crippen LogP contribution is 2.19. The third-order valence-corrected chi connectivity index (χ3v) is 3.97. The largest absolute Gasteiger partial charge is 0.497 e. The highest BCUT2D eigenvalue weighted by Gasteiger charge is 2.31. The van der Waals surface area contributed by atoms with Crippen molar-refractivity contribution in [2.75, 3.05) is 20.3 Å². The Bertz CT molecular complexity index is 528. The van der Waals surface area contributed by atoms with Crippen LogP contribution in [0, 0.1) is 0 Å². The van der Waals surface area contributed by atoms with Gasteiger partial charge < -0.3 is 19.5 Å². The summed E-state index contributed by atoms with van der Waals surface area (Å²) in [5.74, 6) is 0.472. The van der Waals surface area contributed by atoms with E-state index in [2.05, 4.69) is 0 Å². The quantitative estimate of drug-likeness (QED) is 0.780. The molecule has 0 aromatic heterocycles. The zero-order chi connectivity index (χ0) is 16.7. The molecule has 0 bridgehead atoms. The molecule has 1 fully saturated rings. The van der Waals surface area contributed by atoms with E-state index in [1.54, 1.807) is 7.11 Å². The van der Waals surface area contributed by atoms with Gasteiger partial charge >= 0.3 is 5.97 Å². The van der Waals surface area contributed by atoms with Crippen LogP contribution in [0.15, 0.2) is 24.3 Å². The highest BCUT2D eigenvalue weighted by molar-refractivity contribution is 5.83.